The van der Waals surface area contributed by atoms with Gasteiger partial charge in [0.05, 0.1) is 13.2 Å². The smallest absolute Gasteiger partial charge is 0.132 e. The van der Waals surface area contributed by atoms with Gasteiger partial charge in [0, 0.05) is 16.7 Å². The Balaban J connectivity index is 2.71. The largest absolute Gasteiger partial charge is 0.496 e. The monoisotopic (exact) mass is 264 g/mol. The number of ether oxygens (including phenoxy) is 1. The van der Waals surface area contributed by atoms with Crippen LogP contribution in [0.15, 0.2) is 29.2 Å². The molecule has 0 aliphatic carbocycles. The van der Waals surface area contributed by atoms with Crippen molar-refractivity contribution < 1.29 is 4.74 Å². The molecule has 0 spiro atoms. The van der Waals surface area contributed by atoms with Gasteiger partial charge in [-0.1, -0.05) is 12.1 Å². The fourth-order valence-electron chi connectivity index (χ4n) is 1.70. The second-order valence-corrected chi connectivity index (χ2v) is 5.70. The second-order valence-electron chi connectivity index (χ2n) is 4.68. The summed E-state index contributed by atoms with van der Waals surface area (Å²) in [5.41, 5.74) is -0.528. The Kier molecular flexibility index (Phi) is 5.52. The van der Waals surface area contributed by atoms with Gasteiger partial charge >= 0.3 is 0 Å². The fraction of sp³-hybridized carbons (Fsp3) is 0.500. The van der Waals surface area contributed by atoms with Gasteiger partial charge in [-0.25, -0.2) is 0 Å². The molecule has 0 saturated heterocycles. The van der Waals surface area contributed by atoms with E-state index in [0.29, 0.717) is 5.75 Å². The van der Waals surface area contributed by atoms with Crippen molar-refractivity contribution in [3.8, 4) is 11.8 Å². The molecule has 1 aromatic rings. The van der Waals surface area contributed by atoms with E-state index in [4.69, 9.17) is 4.74 Å². The highest BCUT2D eigenvalue weighted by Crippen LogP contribution is 2.30. The molecule has 1 unspecified atom stereocenters. The first-order valence-corrected chi connectivity index (χ1v) is 6.94. The first-order valence-electron chi connectivity index (χ1n) is 5.95. The molecule has 0 aliphatic heterocycles. The Bertz CT molecular complexity index is 428. The van der Waals surface area contributed by atoms with Gasteiger partial charge in [0.1, 0.15) is 11.3 Å². The highest BCUT2D eigenvalue weighted by molar-refractivity contribution is 7.99. The minimum Gasteiger partial charge on any atom is -0.496 e. The second kappa shape index (κ2) is 6.67. The van der Waals surface area contributed by atoms with E-state index >= 15 is 0 Å². The van der Waals surface area contributed by atoms with Gasteiger partial charge in [-0.15, -0.1) is 11.8 Å². The van der Waals surface area contributed by atoms with Crippen LogP contribution in [0.25, 0.3) is 0 Å². The maximum atomic E-state index is 9.28. The van der Waals surface area contributed by atoms with Gasteiger partial charge < -0.3 is 4.74 Å². The van der Waals surface area contributed by atoms with Gasteiger partial charge in [-0.05, 0) is 32.9 Å². The van der Waals surface area contributed by atoms with E-state index < -0.39 is 5.54 Å². The summed E-state index contributed by atoms with van der Waals surface area (Å²) in [6, 6.07) is 10.5. The van der Waals surface area contributed by atoms with Gasteiger partial charge in [0.25, 0.3) is 0 Å². The van der Waals surface area contributed by atoms with Crippen molar-refractivity contribution in [3.05, 3.63) is 24.3 Å². The summed E-state index contributed by atoms with van der Waals surface area (Å²) < 4.78 is 5.30. The molecule has 1 rings (SSSR count). The minimum atomic E-state index is -0.528. The predicted molar refractivity (Wildman–Crippen MR) is 76.0 cm³/mol. The van der Waals surface area contributed by atoms with Gasteiger partial charge in [0.15, 0.2) is 0 Å². The highest BCUT2D eigenvalue weighted by Gasteiger charge is 2.25. The van der Waals surface area contributed by atoms with Crippen molar-refractivity contribution in [3.63, 3.8) is 0 Å². The van der Waals surface area contributed by atoms with Crippen LogP contribution < -0.4 is 10.1 Å². The quantitative estimate of drug-likeness (QED) is 0.802. The molecule has 0 radical (unpaired) electrons. The Morgan fingerprint density at radius 2 is 2.11 bits per heavy atom. The van der Waals surface area contributed by atoms with Crippen LogP contribution in [0.1, 0.15) is 20.8 Å². The molecule has 0 aromatic heterocycles. The zero-order chi connectivity index (χ0) is 13.6. The van der Waals surface area contributed by atoms with E-state index in [1.807, 2.05) is 45.0 Å². The van der Waals surface area contributed by atoms with E-state index in [-0.39, 0.29) is 6.04 Å². The van der Waals surface area contributed by atoms with Crippen LogP contribution in [0.3, 0.4) is 0 Å². The zero-order valence-corrected chi connectivity index (χ0v) is 12.2. The number of nitrogens with one attached hydrogen (secondary N) is 1. The highest BCUT2D eigenvalue weighted by atomic mass is 32.2. The molecule has 3 nitrogen and oxygen atoms in total. The van der Waals surface area contributed by atoms with Crippen molar-refractivity contribution in [1.82, 2.24) is 5.32 Å². The summed E-state index contributed by atoms with van der Waals surface area (Å²) in [6.45, 7) is 6.02. The fourth-order valence-corrected chi connectivity index (χ4v) is 2.76. The number of hydrogen-bond donors (Lipinski definition) is 1. The first-order chi connectivity index (χ1) is 8.50. The molecule has 18 heavy (non-hydrogen) atoms. The maximum absolute atomic E-state index is 9.28. The van der Waals surface area contributed by atoms with Crippen molar-refractivity contribution in [2.75, 3.05) is 12.9 Å². The number of nitriles is 1. The average molecular weight is 264 g/mol. The Morgan fingerprint density at radius 1 is 1.44 bits per heavy atom. The lowest BCUT2D eigenvalue weighted by Gasteiger charge is -2.25. The zero-order valence-electron chi connectivity index (χ0n) is 11.4. The maximum Gasteiger partial charge on any atom is 0.132 e. The van der Waals surface area contributed by atoms with Gasteiger partial charge in [-0.3, -0.25) is 5.32 Å². The SMILES string of the molecule is COc1ccccc1SCC(C)(C#N)NC(C)C. The standard InChI is InChI=1S/C14H20N2OS/c1-11(2)16-14(3,9-15)10-18-13-8-6-5-7-12(13)17-4/h5-8,11,16H,10H2,1-4H3. The number of nitrogens with zero attached hydrogens (tertiary/aromatic N) is 1. The minimum absolute atomic E-state index is 0.285. The molecular weight excluding hydrogens is 244 g/mol. The molecular formula is C14H20N2OS. The predicted octanol–water partition coefficient (Wildman–Crippen LogP) is 3.07. The third kappa shape index (κ3) is 4.25. The summed E-state index contributed by atoms with van der Waals surface area (Å²) >= 11 is 1.64. The molecule has 0 amide bonds. The molecule has 1 N–H and O–H groups in total. The molecule has 98 valence electrons. The van der Waals surface area contributed by atoms with Crippen LogP contribution in [-0.4, -0.2) is 24.4 Å². The number of methoxy groups -OCH3 is 1. The Morgan fingerprint density at radius 3 is 2.67 bits per heavy atom. The van der Waals surface area contributed by atoms with Crippen LogP contribution in [0.2, 0.25) is 0 Å². The van der Waals surface area contributed by atoms with Crippen LogP contribution in [0, 0.1) is 11.3 Å². The molecule has 0 fully saturated rings. The Labute approximate surface area is 114 Å². The summed E-state index contributed by atoms with van der Waals surface area (Å²) in [6.07, 6.45) is 0. The van der Waals surface area contributed by atoms with Crippen molar-refractivity contribution in [1.29, 1.82) is 5.26 Å². The van der Waals surface area contributed by atoms with Crippen LogP contribution in [-0.2, 0) is 0 Å². The lowest BCUT2D eigenvalue weighted by atomic mass is 10.1. The Hall–Kier alpha value is -1.18. The number of para-hydroxylation sites is 1. The third-order valence-electron chi connectivity index (χ3n) is 2.44. The van der Waals surface area contributed by atoms with Crippen molar-refractivity contribution >= 4 is 11.8 Å². The summed E-state index contributed by atoms with van der Waals surface area (Å²) in [5, 5.41) is 12.6. The molecule has 0 aliphatic rings. The number of rotatable bonds is 6. The van der Waals surface area contributed by atoms with E-state index in [1.165, 1.54) is 0 Å². The van der Waals surface area contributed by atoms with E-state index in [2.05, 4.69) is 11.4 Å². The van der Waals surface area contributed by atoms with E-state index in [1.54, 1.807) is 18.9 Å². The summed E-state index contributed by atoms with van der Waals surface area (Å²) in [5.74, 6) is 1.54. The van der Waals surface area contributed by atoms with E-state index in [9.17, 15) is 5.26 Å². The third-order valence-corrected chi connectivity index (χ3v) is 3.81. The molecule has 0 saturated carbocycles. The van der Waals surface area contributed by atoms with Crippen molar-refractivity contribution in [2.45, 2.75) is 37.2 Å². The summed E-state index contributed by atoms with van der Waals surface area (Å²) in [7, 11) is 1.66. The van der Waals surface area contributed by atoms with Gasteiger partial charge in [0.2, 0.25) is 0 Å². The van der Waals surface area contributed by atoms with Crippen LogP contribution in [0.4, 0.5) is 0 Å². The lowest BCUT2D eigenvalue weighted by Crippen LogP contribution is -2.47. The van der Waals surface area contributed by atoms with Crippen molar-refractivity contribution in [2.24, 2.45) is 0 Å². The normalized spacial score (nSPS) is 14.0. The van der Waals surface area contributed by atoms with E-state index in [0.717, 1.165) is 10.6 Å². The molecule has 4 heteroatoms. The topological polar surface area (TPSA) is 45.0 Å². The van der Waals surface area contributed by atoms with Crippen LogP contribution in [0.5, 0.6) is 5.75 Å². The van der Waals surface area contributed by atoms with Crippen LogP contribution >= 0.6 is 11.8 Å². The molecule has 0 heterocycles. The van der Waals surface area contributed by atoms with Gasteiger partial charge in [-0.2, -0.15) is 5.26 Å². The molecule has 1 atom stereocenters. The lowest BCUT2D eigenvalue weighted by molar-refractivity contribution is 0.404. The molecule has 0 bridgehead atoms. The summed E-state index contributed by atoms with van der Waals surface area (Å²) in [4.78, 5) is 1.06. The number of hydrogen-bond acceptors (Lipinski definition) is 4. The molecule has 1 aromatic carbocycles. The number of thioether (sulfide) groups is 1. The number of benzene rings is 1. The first kappa shape index (κ1) is 14.9. The average Bonchev–Trinajstić information content (AvgIpc) is 2.36.